The molecule has 198 valence electrons. The molecule has 13 heteroatoms. The lowest BCUT2D eigenvalue weighted by molar-refractivity contribution is 0.0733. The maximum atomic E-state index is 13.5. The second kappa shape index (κ2) is 12.7. The number of benzene rings is 1. The summed E-state index contributed by atoms with van der Waals surface area (Å²) in [6, 6.07) is 11.3. The lowest BCUT2D eigenvalue weighted by atomic mass is 10.1. The van der Waals surface area contributed by atoms with Gasteiger partial charge in [0.2, 0.25) is 15.9 Å². The van der Waals surface area contributed by atoms with Gasteiger partial charge in [-0.25, -0.2) is 17.7 Å². The predicted molar refractivity (Wildman–Crippen MR) is 139 cm³/mol. The van der Waals surface area contributed by atoms with Crippen LogP contribution in [0, 0.1) is 0 Å². The Hall–Kier alpha value is -3.42. The Balaban J connectivity index is 1.81. The van der Waals surface area contributed by atoms with Crippen molar-refractivity contribution < 1.29 is 27.5 Å². The third-order valence-corrected chi connectivity index (χ3v) is 7.92. The van der Waals surface area contributed by atoms with Gasteiger partial charge >= 0.3 is 6.01 Å². The van der Waals surface area contributed by atoms with Crippen LogP contribution in [0.5, 0.6) is 11.9 Å². The Morgan fingerprint density at radius 1 is 1.00 bits per heavy atom. The van der Waals surface area contributed by atoms with Gasteiger partial charge in [0.15, 0.2) is 5.78 Å². The molecule has 11 nitrogen and oxygen atoms in total. The molecule has 0 aliphatic carbocycles. The van der Waals surface area contributed by atoms with Crippen LogP contribution in [0.25, 0.3) is 0 Å². The highest BCUT2D eigenvalue weighted by Crippen LogP contribution is 2.19. The number of hydrogen-bond acceptors (Lipinski definition) is 10. The van der Waals surface area contributed by atoms with E-state index in [-0.39, 0.29) is 35.7 Å². The summed E-state index contributed by atoms with van der Waals surface area (Å²) in [5.41, 5.74) is 1.28. The molecule has 0 aliphatic heterocycles. The van der Waals surface area contributed by atoms with E-state index in [4.69, 9.17) is 9.47 Å². The summed E-state index contributed by atoms with van der Waals surface area (Å²) < 4.78 is 35.4. The Morgan fingerprint density at radius 2 is 1.73 bits per heavy atom. The number of rotatable bonds is 13. The summed E-state index contributed by atoms with van der Waals surface area (Å²) in [6.45, 7) is 0.501. The highest BCUT2D eigenvalue weighted by molar-refractivity contribution is 7.89. The molecule has 0 aliphatic rings. The maximum absolute atomic E-state index is 13.5. The lowest BCUT2D eigenvalue weighted by Crippen LogP contribution is -2.32. The summed E-state index contributed by atoms with van der Waals surface area (Å²) in [5.74, 6) is -1.49. The molecule has 0 saturated heterocycles. The van der Waals surface area contributed by atoms with Crippen molar-refractivity contribution in [2.24, 2.45) is 0 Å². The van der Waals surface area contributed by atoms with Gasteiger partial charge in [-0.2, -0.15) is 9.97 Å². The van der Waals surface area contributed by atoms with Gasteiger partial charge in [-0.05, 0) is 18.4 Å². The van der Waals surface area contributed by atoms with Crippen molar-refractivity contribution in [2.45, 2.75) is 19.4 Å². The predicted octanol–water partition coefficient (Wildman–Crippen LogP) is 2.30. The number of aromatic nitrogens is 3. The fraction of sp³-hybridized carbons (Fsp3) is 0.375. The molecule has 1 aromatic carbocycles. The standard InChI is InChI=1S/C24H29N5O6S2/c1-28(2)37(32,33)16-20(30)19-15-36-22(25-19)14-29(12-8-11-17-9-6-5-7-10-17)23(31)18-13-21(34-3)27-24(26-18)35-4/h5-7,9-10,13,15H,8,11-12,14,16H2,1-4H3. The number of ether oxygens (including phenoxy) is 2. The molecule has 0 spiro atoms. The molecule has 0 radical (unpaired) electrons. The topological polar surface area (TPSA) is 132 Å². The normalized spacial score (nSPS) is 11.4. The summed E-state index contributed by atoms with van der Waals surface area (Å²) in [4.78, 5) is 40.1. The number of carbonyl (C=O) groups excluding carboxylic acids is 2. The van der Waals surface area contributed by atoms with Crippen molar-refractivity contribution in [1.82, 2.24) is 24.2 Å². The molecule has 3 rings (SSSR count). The average Bonchev–Trinajstić information content (AvgIpc) is 3.36. The number of methoxy groups -OCH3 is 2. The van der Waals surface area contributed by atoms with Crippen LogP contribution in [0.3, 0.4) is 0 Å². The van der Waals surface area contributed by atoms with E-state index in [1.165, 1.54) is 51.1 Å². The molecular weight excluding hydrogens is 518 g/mol. The highest BCUT2D eigenvalue weighted by Gasteiger charge is 2.24. The largest absolute Gasteiger partial charge is 0.481 e. The van der Waals surface area contributed by atoms with Crippen LogP contribution in [-0.4, -0.2) is 84.9 Å². The first-order valence-electron chi connectivity index (χ1n) is 11.3. The zero-order valence-electron chi connectivity index (χ0n) is 21.1. The highest BCUT2D eigenvalue weighted by atomic mass is 32.2. The van der Waals surface area contributed by atoms with Gasteiger partial charge < -0.3 is 14.4 Å². The average molecular weight is 548 g/mol. The summed E-state index contributed by atoms with van der Waals surface area (Å²) in [7, 11) is 1.84. The molecule has 0 bridgehead atoms. The minimum absolute atomic E-state index is 0.00355. The van der Waals surface area contributed by atoms with Crippen LogP contribution in [0.15, 0.2) is 41.8 Å². The zero-order chi connectivity index (χ0) is 27.0. The Morgan fingerprint density at radius 3 is 2.38 bits per heavy atom. The first-order valence-corrected chi connectivity index (χ1v) is 13.8. The van der Waals surface area contributed by atoms with Gasteiger partial charge in [0, 0.05) is 32.1 Å². The summed E-state index contributed by atoms with van der Waals surface area (Å²) in [6.07, 6.45) is 1.43. The van der Waals surface area contributed by atoms with Crippen molar-refractivity contribution >= 4 is 33.1 Å². The van der Waals surface area contributed by atoms with Crippen LogP contribution >= 0.6 is 11.3 Å². The second-order valence-corrected chi connectivity index (χ2v) is 11.3. The van der Waals surface area contributed by atoms with Gasteiger partial charge in [-0.15, -0.1) is 11.3 Å². The van der Waals surface area contributed by atoms with Crippen molar-refractivity contribution in [2.75, 3.05) is 40.6 Å². The monoisotopic (exact) mass is 547 g/mol. The number of nitrogens with zero attached hydrogens (tertiary/aromatic N) is 5. The molecule has 2 aromatic heterocycles. The SMILES string of the molecule is COc1cc(C(=O)N(CCCc2ccccc2)Cc2nc(C(=O)CS(=O)(=O)N(C)C)cs2)nc(OC)n1. The van der Waals surface area contributed by atoms with Crippen LogP contribution in [0.4, 0.5) is 0 Å². The van der Waals surface area contributed by atoms with Crippen molar-refractivity contribution in [1.29, 1.82) is 0 Å². The van der Waals surface area contributed by atoms with Crippen LogP contribution in [-0.2, 0) is 23.0 Å². The molecule has 2 heterocycles. The van der Waals surface area contributed by atoms with Crippen LogP contribution < -0.4 is 9.47 Å². The Kier molecular flexibility index (Phi) is 9.66. The number of sulfonamides is 1. The van der Waals surface area contributed by atoms with Gasteiger partial charge in [-0.1, -0.05) is 30.3 Å². The van der Waals surface area contributed by atoms with Gasteiger partial charge in [0.1, 0.15) is 22.1 Å². The Labute approximate surface area is 220 Å². The molecule has 0 N–H and O–H groups in total. The number of ketones is 1. The molecule has 0 saturated carbocycles. The third kappa shape index (κ3) is 7.78. The number of thiazole rings is 1. The fourth-order valence-corrected chi connectivity index (χ4v) is 4.84. The van der Waals surface area contributed by atoms with E-state index >= 15 is 0 Å². The van der Waals surface area contributed by atoms with Gasteiger partial charge in [-0.3, -0.25) is 9.59 Å². The van der Waals surface area contributed by atoms with Crippen LogP contribution in [0.1, 0.15) is 38.0 Å². The maximum Gasteiger partial charge on any atom is 0.320 e. The fourth-order valence-electron chi connectivity index (χ4n) is 3.29. The zero-order valence-corrected chi connectivity index (χ0v) is 22.7. The minimum Gasteiger partial charge on any atom is -0.481 e. The van der Waals surface area contributed by atoms with E-state index in [9.17, 15) is 18.0 Å². The van der Waals surface area contributed by atoms with E-state index in [0.717, 1.165) is 16.3 Å². The summed E-state index contributed by atoms with van der Waals surface area (Å²) in [5, 5.41) is 2.00. The minimum atomic E-state index is -3.71. The van der Waals surface area contributed by atoms with E-state index in [2.05, 4.69) is 15.0 Å². The molecule has 37 heavy (non-hydrogen) atoms. The first kappa shape index (κ1) is 28.2. The van der Waals surface area contributed by atoms with Crippen molar-refractivity contribution in [3.05, 3.63) is 63.7 Å². The number of amides is 1. The van der Waals surface area contributed by atoms with Gasteiger partial charge in [0.05, 0.1) is 20.8 Å². The lowest BCUT2D eigenvalue weighted by Gasteiger charge is -2.21. The number of carbonyl (C=O) groups is 2. The molecule has 0 unspecified atom stereocenters. The number of aryl methyl sites for hydroxylation is 1. The number of hydrogen-bond donors (Lipinski definition) is 0. The Bertz CT molecular complexity index is 1310. The molecule has 3 aromatic rings. The van der Waals surface area contributed by atoms with E-state index in [1.807, 2.05) is 30.3 Å². The van der Waals surface area contributed by atoms with Crippen LogP contribution in [0.2, 0.25) is 0 Å². The first-order chi connectivity index (χ1) is 17.6. The van der Waals surface area contributed by atoms with E-state index in [0.29, 0.717) is 18.0 Å². The molecule has 0 atom stereocenters. The van der Waals surface area contributed by atoms with E-state index in [1.54, 1.807) is 4.90 Å². The smallest absolute Gasteiger partial charge is 0.320 e. The molecular formula is C24H29N5O6S2. The van der Waals surface area contributed by atoms with E-state index < -0.39 is 21.6 Å². The van der Waals surface area contributed by atoms with Gasteiger partial charge in [0.25, 0.3) is 5.91 Å². The second-order valence-electron chi connectivity index (χ2n) is 8.19. The van der Waals surface area contributed by atoms with Crippen molar-refractivity contribution in [3.63, 3.8) is 0 Å². The summed E-state index contributed by atoms with van der Waals surface area (Å²) >= 11 is 1.18. The molecule has 0 fully saturated rings. The molecule has 1 amide bonds. The van der Waals surface area contributed by atoms with Crippen molar-refractivity contribution in [3.8, 4) is 11.9 Å². The third-order valence-electron chi connectivity index (χ3n) is 5.35. The number of Topliss-reactive ketones (excluding diaryl/α,β-unsaturated/α-hetero) is 1. The quantitative estimate of drug-likeness (QED) is 0.296.